The van der Waals surface area contributed by atoms with E-state index < -0.39 is 0 Å². The van der Waals surface area contributed by atoms with Gasteiger partial charge in [-0.1, -0.05) is 18.5 Å². The van der Waals surface area contributed by atoms with Gasteiger partial charge in [0.25, 0.3) is 0 Å². The maximum atomic E-state index is 6.12. The van der Waals surface area contributed by atoms with Crippen molar-refractivity contribution in [2.75, 3.05) is 25.5 Å². The van der Waals surface area contributed by atoms with Crippen LogP contribution in [0.1, 0.15) is 38.2 Å². The smallest absolute Gasteiger partial charge is 0.0696 e. The summed E-state index contributed by atoms with van der Waals surface area (Å²) in [6, 6.07) is 5.92. The fourth-order valence-corrected chi connectivity index (χ4v) is 2.61. The molecule has 0 amide bonds. The summed E-state index contributed by atoms with van der Waals surface area (Å²) in [5.41, 5.74) is 3.30. The van der Waals surface area contributed by atoms with Gasteiger partial charge in [0.05, 0.1) is 5.71 Å². The summed E-state index contributed by atoms with van der Waals surface area (Å²) in [5, 5.41) is 11.0. The molecule has 1 aromatic rings. The normalized spacial score (nSPS) is 16.6. The summed E-state index contributed by atoms with van der Waals surface area (Å²) in [5.74, 6) is 0. The van der Waals surface area contributed by atoms with Gasteiger partial charge in [-0.25, -0.2) is 0 Å². The van der Waals surface area contributed by atoms with E-state index in [1.165, 1.54) is 19.3 Å². The number of benzene rings is 1. The molecule has 1 saturated heterocycles. The molecule has 0 bridgehead atoms. The molecule has 0 aromatic heterocycles. The Bertz CT molecular complexity index is 451. The number of anilines is 1. The van der Waals surface area contributed by atoms with Crippen molar-refractivity contribution in [3.8, 4) is 0 Å². The molecule has 0 spiro atoms. The van der Waals surface area contributed by atoms with E-state index in [0.29, 0.717) is 0 Å². The van der Waals surface area contributed by atoms with E-state index in [4.69, 9.17) is 16.7 Å². The number of nitrogens with zero attached hydrogens (tertiary/aromatic N) is 2. The number of hydrogen-bond acceptors (Lipinski definition) is 3. The minimum atomic E-state index is 0.758. The van der Waals surface area contributed by atoms with Crippen LogP contribution in [0.15, 0.2) is 23.3 Å². The predicted molar refractivity (Wildman–Crippen MR) is 83.3 cm³/mol. The van der Waals surface area contributed by atoms with Crippen LogP contribution >= 0.6 is 11.6 Å². The molecule has 2 rings (SSSR count). The molecular formula is C15H22ClN3. The Labute approximate surface area is 120 Å². The molecule has 19 heavy (non-hydrogen) atoms. The molecule has 1 aliphatic heterocycles. The van der Waals surface area contributed by atoms with Crippen molar-refractivity contribution in [2.24, 2.45) is 5.10 Å². The van der Waals surface area contributed by atoms with Gasteiger partial charge in [0.1, 0.15) is 0 Å². The zero-order valence-corrected chi connectivity index (χ0v) is 12.5. The minimum absolute atomic E-state index is 0.758. The van der Waals surface area contributed by atoms with Gasteiger partial charge in [0.15, 0.2) is 0 Å². The van der Waals surface area contributed by atoms with Crippen LogP contribution < -0.4 is 5.32 Å². The van der Waals surface area contributed by atoms with Gasteiger partial charge >= 0.3 is 0 Å². The highest BCUT2D eigenvalue weighted by molar-refractivity contribution is 6.31. The standard InChI is InChI=1S/C15H22ClN3/c1-3-14(18-19-9-5-4-6-10-19)13-11-12(16)7-8-15(13)17-2/h7-8,11,17H,3-6,9-10H2,1-2H3/b18-14-. The van der Waals surface area contributed by atoms with Crippen molar-refractivity contribution in [3.05, 3.63) is 28.8 Å². The fraction of sp³-hybridized carbons (Fsp3) is 0.533. The van der Waals surface area contributed by atoms with Crippen LogP contribution in [0.5, 0.6) is 0 Å². The van der Waals surface area contributed by atoms with Crippen molar-refractivity contribution >= 4 is 23.0 Å². The molecule has 1 fully saturated rings. The molecule has 0 aliphatic carbocycles. The summed E-state index contributed by atoms with van der Waals surface area (Å²) in [6.07, 6.45) is 4.72. The molecule has 4 heteroatoms. The number of hydrogen-bond donors (Lipinski definition) is 1. The fourth-order valence-electron chi connectivity index (χ4n) is 2.44. The third kappa shape index (κ3) is 3.63. The molecule has 1 aliphatic rings. The minimum Gasteiger partial charge on any atom is -0.388 e. The van der Waals surface area contributed by atoms with E-state index >= 15 is 0 Å². The van der Waals surface area contributed by atoms with E-state index in [-0.39, 0.29) is 0 Å². The van der Waals surface area contributed by atoms with Gasteiger partial charge in [-0.15, -0.1) is 0 Å². The second-order valence-electron chi connectivity index (χ2n) is 4.85. The Morgan fingerprint density at radius 2 is 2.05 bits per heavy atom. The van der Waals surface area contributed by atoms with E-state index in [9.17, 15) is 0 Å². The predicted octanol–water partition coefficient (Wildman–Crippen LogP) is 3.98. The molecule has 1 aromatic carbocycles. The average molecular weight is 280 g/mol. The molecule has 104 valence electrons. The first-order valence-corrected chi connectivity index (χ1v) is 7.42. The van der Waals surface area contributed by atoms with Crippen molar-refractivity contribution in [3.63, 3.8) is 0 Å². The molecule has 0 atom stereocenters. The van der Waals surface area contributed by atoms with E-state index in [1.54, 1.807) is 0 Å². The van der Waals surface area contributed by atoms with E-state index in [2.05, 4.69) is 17.2 Å². The van der Waals surface area contributed by atoms with Gasteiger partial charge in [0, 0.05) is 36.4 Å². The van der Waals surface area contributed by atoms with Gasteiger partial charge < -0.3 is 5.32 Å². The summed E-state index contributed by atoms with van der Waals surface area (Å²) in [4.78, 5) is 0. The number of hydrazone groups is 1. The van der Waals surface area contributed by atoms with Crippen LogP contribution in [0.2, 0.25) is 5.02 Å². The second kappa shape index (κ2) is 6.80. The number of nitrogens with one attached hydrogen (secondary N) is 1. The van der Waals surface area contributed by atoms with Gasteiger partial charge in [-0.2, -0.15) is 5.10 Å². The Kier molecular flexibility index (Phi) is 5.08. The van der Waals surface area contributed by atoms with Crippen LogP contribution in [0.4, 0.5) is 5.69 Å². The lowest BCUT2D eigenvalue weighted by molar-refractivity contribution is 0.239. The summed E-state index contributed by atoms with van der Waals surface area (Å²) in [7, 11) is 1.93. The summed E-state index contributed by atoms with van der Waals surface area (Å²) >= 11 is 6.12. The third-order valence-corrected chi connectivity index (χ3v) is 3.73. The maximum Gasteiger partial charge on any atom is 0.0696 e. The largest absolute Gasteiger partial charge is 0.388 e. The van der Waals surface area contributed by atoms with Crippen LogP contribution in [-0.2, 0) is 0 Å². The van der Waals surface area contributed by atoms with Crippen LogP contribution in [0, 0.1) is 0 Å². The zero-order chi connectivity index (χ0) is 13.7. The van der Waals surface area contributed by atoms with E-state index in [1.807, 2.05) is 25.2 Å². The van der Waals surface area contributed by atoms with Gasteiger partial charge in [-0.05, 0) is 43.9 Å². The lowest BCUT2D eigenvalue weighted by Crippen LogP contribution is -2.26. The number of piperidine rings is 1. The van der Waals surface area contributed by atoms with E-state index in [0.717, 1.165) is 41.5 Å². The van der Waals surface area contributed by atoms with Crippen molar-refractivity contribution in [2.45, 2.75) is 32.6 Å². The Hall–Kier alpha value is -1.22. The zero-order valence-electron chi connectivity index (χ0n) is 11.7. The molecule has 0 unspecified atom stereocenters. The average Bonchev–Trinajstić information content (AvgIpc) is 2.46. The summed E-state index contributed by atoms with van der Waals surface area (Å²) < 4.78 is 0. The Morgan fingerprint density at radius 1 is 1.32 bits per heavy atom. The first-order chi connectivity index (χ1) is 9.24. The quantitative estimate of drug-likeness (QED) is 0.844. The molecule has 1 heterocycles. The molecule has 0 radical (unpaired) electrons. The number of halogens is 1. The topological polar surface area (TPSA) is 27.6 Å². The lowest BCUT2D eigenvalue weighted by Gasteiger charge is -2.25. The first kappa shape index (κ1) is 14.2. The molecule has 3 nitrogen and oxygen atoms in total. The lowest BCUT2D eigenvalue weighted by atomic mass is 10.1. The Balaban J connectivity index is 2.29. The monoisotopic (exact) mass is 279 g/mol. The van der Waals surface area contributed by atoms with Crippen LogP contribution in [0.25, 0.3) is 0 Å². The molecule has 0 saturated carbocycles. The van der Waals surface area contributed by atoms with Gasteiger partial charge in [0.2, 0.25) is 0 Å². The van der Waals surface area contributed by atoms with Gasteiger partial charge in [-0.3, -0.25) is 5.01 Å². The highest BCUT2D eigenvalue weighted by atomic mass is 35.5. The van der Waals surface area contributed by atoms with Crippen LogP contribution in [0.3, 0.4) is 0 Å². The SMILES string of the molecule is CC/C(=N/N1CCCCC1)c1cc(Cl)ccc1NC. The first-order valence-electron chi connectivity index (χ1n) is 7.04. The molecular weight excluding hydrogens is 258 g/mol. The second-order valence-corrected chi connectivity index (χ2v) is 5.29. The number of rotatable bonds is 4. The maximum absolute atomic E-state index is 6.12. The Morgan fingerprint density at radius 3 is 2.68 bits per heavy atom. The third-order valence-electron chi connectivity index (χ3n) is 3.49. The van der Waals surface area contributed by atoms with Crippen molar-refractivity contribution < 1.29 is 0 Å². The highest BCUT2D eigenvalue weighted by Gasteiger charge is 2.12. The summed E-state index contributed by atoms with van der Waals surface area (Å²) in [6.45, 7) is 4.28. The molecule has 1 N–H and O–H groups in total. The van der Waals surface area contributed by atoms with Crippen molar-refractivity contribution in [1.82, 2.24) is 5.01 Å². The van der Waals surface area contributed by atoms with Crippen molar-refractivity contribution in [1.29, 1.82) is 0 Å². The highest BCUT2D eigenvalue weighted by Crippen LogP contribution is 2.23. The van der Waals surface area contributed by atoms with Crippen LogP contribution in [-0.4, -0.2) is 30.9 Å².